The van der Waals surface area contributed by atoms with E-state index in [-0.39, 0.29) is 64.6 Å². The molecule has 15 rings (SSSR count). The van der Waals surface area contributed by atoms with Gasteiger partial charge in [-0.3, -0.25) is 4.79 Å². The molecule has 3 aromatic carbocycles. The normalized spacial score (nSPS) is 24.2. The quantitative estimate of drug-likeness (QED) is 0.0463. The van der Waals surface area contributed by atoms with E-state index in [1.807, 2.05) is 67.0 Å². The number of likely N-dealkylation sites (tertiary alicyclic amines) is 4. The highest BCUT2D eigenvalue weighted by molar-refractivity contribution is 6.36. The lowest BCUT2D eigenvalue weighted by atomic mass is 9.75. The lowest BCUT2D eigenvalue weighted by Gasteiger charge is -2.50. The molecule has 0 radical (unpaired) electrons. The van der Waals surface area contributed by atoms with Crippen LogP contribution in [-0.4, -0.2) is 208 Å². The number of hydrogen-bond acceptors (Lipinski definition) is 22. The number of aliphatic hydroxyl groups excluding tert-OH is 2. The molecule has 106 heavy (non-hydrogen) atoms. The SMILES string of the molecule is C[C@H](O)CN1CC(C[C@H](c2ccc(Cl)cc2Cl)n2nc(C#N)c3ncc(N4CC([C@H]5CCCN(CCC(N)=O)C5)C4)nc32)C[C@@H](C2CN(C3=CNC4C(C#N)=NN([C@H](CC5C[C@H](C6CN(c7cnc8c(C#N)nn([C@H](C)c9ccc(Cl)cc9Cl)c8n7)C6)CN(C[C@H](C)O)C5)c5ccc(Cl)cc5Cl)C4=N3)C2)C1. The molecule has 0 saturated carbocycles. The molecule has 7 aromatic rings. The third-order valence-electron chi connectivity index (χ3n) is 23.1. The summed E-state index contributed by atoms with van der Waals surface area (Å²) in [6, 6.07) is 21.3. The smallest absolute Gasteiger partial charge is 0.218 e. The van der Waals surface area contributed by atoms with Crippen LogP contribution in [0.4, 0.5) is 11.6 Å². The summed E-state index contributed by atoms with van der Waals surface area (Å²) >= 11 is 40.6. The van der Waals surface area contributed by atoms with Gasteiger partial charge in [-0.15, -0.1) is 0 Å². The Morgan fingerprint density at radius 1 is 0.604 bits per heavy atom. The first-order valence-corrected chi connectivity index (χ1v) is 38.9. The van der Waals surface area contributed by atoms with Gasteiger partial charge in [0.05, 0.1) is 42.7 Å². The lowest BCUT2D eigenvalue weighted by molar-refractivity contribution is -0.118. The van der Waals surface area contributed by atoms with Gasteiger partial charge in [-0.2, -0.15) is 31.1 Å². The Labute approximate surface area is 645 Å². The summed E-state index contributed by atoms with van der Waals surface area (Å²) < 4.78 is 3.56. The van der Waals surface area contributed by atoms with Crippen molar-refractivity contribution in [3.8, 4) is 18.2 Å². The van der Waals surface area contributed by atoms with Gasteiger partial charge in [0, 0.05) is 134 Å². The molecule has 0 aliphatic carbocycles. The van der Waals surface area contributed by atoms with Gasteiger partial charge >= 0.3 is 0 Å². The largest absolute Gasteiger partial charge is 0.392 e. The molecule has 6 fully saturated rings. The number of benzene rings is 3. The number of nitrogens with zero attached hydrogens (tertiary/aromatic N) is 20. The van der Waals surface area contributed by atoms with Crippen LogP contribution in [0.15, 0.2) is 89.1 Å². The molecule has 31 heteroatoms. The van der Waals surface area contributed by atoms with Crippen molar-refractivity contribution in [2.45, 2.75) is 102 Å². The highest BCUT2D eigenvalue weighted by Gasteiger charge is 2.47. The number of primary amides is 1. The summed E-state index contributed by atoms with van der Waals surface area (Å²) in [5, 5.41) is 76.5. The number of anilines is 2. The van der Waals surface area contributed by atoms with Crippen molar-refractivity contribution in [3.63, 3.8) is 0 Å². The minimum absolute atomic E-state index is 0.0903. The maximum atomic E-state index is 11.6. The summed E-state index contributed by atoms with van der Waals surface area (Å²) in [6.07, 6.45) is 9.74. The second-order valence-corrected chi connectivity index (χ2v) is 33.1. The molecule has 8 aliphatic heterocycles. The van der Waals surface area contributed by atoms with Gasteiger partial charge in [0.2, 0.25) is 5.91 Å². The maximum Gasteiger partial charge on any atom is 0.218 e. The Morgan fingerprint density at radius 2 is 1.09 bits per heavy atom. The van der Waals surface area contributed by atoms with Gasteiger partial charge in [-0.05, 0) is 166 Å². The van der Waals surface area contributed by atoms with E-state index in [9.17, 15) is 30.8 Å². The van der Waals surface area contributed by atoms with Crippen LogP contribution in [-0.2, 0) is 4.79 Å². The highest BCUT2D eigenvalue weighted by atomic mass is 35.5. The standard InChI is InChI=1S/C75H84Cl6N22O3/c1-41(104)28-96-30-44(15-47(33-96)50-37-99(38-50)67-25-86-70-61(22-82)92-101(73(70)89-67)43(3)55-9-6-52(76)19-58(55)79)18-65(57-11-8-54(78)21-60(57)81)103-75-72(63(24-84)94-103)88-27-69(91-75)100-39-51(40-100)48-16-45(31-97(34-48)29-42(2)105)17-64(56-10-7-53(77)20-59(56)80)102-74-71(62(23-83)93-102)87-26-68(90-74)98-35-49(36-98)46-5-4-13-95(32-46)14-12-66(85)106/h6-11,19-21,25-27,41-51,64-65,72,88,104-105H,4-5,12-18,28-40H2,1-3H3,(H2,85,106)/t41-,42-,43+,44?,45?,46-,47-,48+,64+,65+,72?/m0/s1. The van der Waals surface area contributed by atoms with Gasteiger partial charge in [-0.1, -0.05) is 87.8 Å². The minimum Gasteiger partial charge on any atom is -0.392 e. The second-order valence-electron chi connectivity index (χ2n) is 30.6. The summed E-state index contributed by atoms with van der Waals surface area (Å²) in [6.45, 7) is 16.7. The first kappa shape index (κ1) is 73.8. The van der Waals surface area contributed by atoms with Crippen molar-refractivity contribution >= 4 is 121 Å². The first-order chi connectivity index (χ1) is 51.1. The van der Waals surface area contributed by atoms with Crippen LogP contribution in [0.3, 0.4) is 0 Å². The van der Waals surface area contributed by atoms with E-state index in [4.69, 9.17) is 110 Å². The Bertz CT molecular complexity index is 4720. The van der Waals surface area contributed by atoms with E-state index in [2.05, 4.69) is 58.0 Å². The van der Waals surface area contributed by atoms with Crippen LogP contribution in [0, 0.1) is 81.3 Å². The Balaban J connectivity index is 0.653. The fourth-order valence-corrected chi connectivity index (χ4v) is 19.5. The van der Waals surface area contributed by atoms with Crippen molar-refractivity contribution < 1.29 is 15.0 Å². The number of halogens is 6. The number of piperidine rings is 3. The molecule has 6 saturated heterocycles. The number of β-amino-alcohol motifs (C(OH)–C–C–N with tert-alkyl or cyclic N) is 2. The number of carbonyl (C=O) groups excluding carboxylic acids is 1. The van der Waals surface area contributed by atoms with Crippen molar-refractivity contribution in [2.24, 2.45) is 63.2 Å². The Kier molecular flexibility index (Phi) is 21.7. The predicted molar refractivity (Wildman–Crippen MR) is 410 cm³/mol. The van der Waals surface area contributed by atoms with Crippen LogP contribution in [0.1, 0.15) is 112 Å². The fraction of sp³-hybridized carbons (Fsp3) is 0.520. The summed E-state index contributed by atoms with van der Waals surface area (Å²) in [5.41, 5.74) is 10.3. The zero-order chi connectivity index (χ0) is 73.9. The molecule has 11 atom stereocenters. The molecule has 554 valence electrons. The molecule has 8 aliphatic rings. The Morgan fingerprint density at radius 3 is 1.61 bits per heavy atom. The van der Waals surface area contributed by atoms with Gasteiger partial charge < -0.3 is 50.7 Å². The zero-order valence-electron chi connectivity index (χ0n) is 59.2. The first-order valence-electron chi connectivity index (χ1n) is 36.7. The van der Waals surface area contributed by atoms with E-state index < -0.39 is 30.3 Å². The topological polar surface area (TPSA) is 302 Å². The number of rotatable bonds is 23. The van der Waals surface area contributed by atoms with E-state index in [1.54, 1.807) is 41.3 Å². The molecule has 25 nitrogen and oxygen atoms in total. The monoisotopic (exact) mass is 1550 g/mol. The number of aromatic nitrogens is 8. The summed E-state index contributed by atoms with van der Waals surface area (Å²) in [5.74, 6) is 4.61. The van der Waals surface area contributed by atoms with Crippen LogP contribution >= 0.6 is 69.6 Å². The Hall–Kier alpha value is -7.68. The summed E-state index contributed by atoms with van der Waals surface area (Å²) in [4.78, 5) is 50.9. The van der Waals surface area contributed by atoms with Crippen molar-refractivity contribution in [2.75, 3.05) is 108 Å². The maximum absolute atomic E-state index is 11.6. The molecule has 5 N–H and O–H groups in total. The van der Waals surface area contributed by atoms with Gasteiger partial charge in [-0.25, -0.2) is 39.3 Å². The molecule has 1 amide bonds. The fourth-order valence-electron chi connectivity index (χ4n) is 17.8. The average molecular weight is 1550 g/mol. The van der Waals surface area contributed by atoms with Crippen LogP contribution in [0.5, 0.6) is 0 Å². The lowest BCUT2D eigenvalue weighted by Crippen LogP contribution is -2.56. The number of amides is 1. The van der Waals surface area contributed by atoms with E-state index in [0.717, 1.165) is 101 Å². The molecule has 4 aromatic heterocycles. The van der Waals surface area contributed by atoms with E-state index in [1.165, 1.54) is 0 Å². The number of aliphatic hydroxyl groups is 2. The third kappa shape index (κ3) is 15.3. The number of nitrogens with one attached hydrogen (secondary N) is 1. The average Bonchev–Trinajstić information content (AvgIpc) is 1.58. The van der Waals surface area contributed by atoms with Crippen molar-refractivity contribution in [3.05, 3.63) is 137 Å². The van der Waals surface area contributed by atoms with E-state index >= 15 is 0 Å². The highest BCUT2D eigenvalue weighted by Crippen LogP contribution is 2.46. The van der Waals surface area contributed by atoms with Crippen LogP contribution in [0.25, 0.3) is 22.3 Å². The number of hydrazone groups is 1. The predicted octanol–water partition coefficient (Wildman–Crippen LogP) is 10.4. The minimum atomic E-state index is -0.607. The number of nitriles is 3. The summed E-state index contributed by atoms with van der Waals surface area (Å²) in [7, 11) is 0. The van der Waals surface area contributed by atoms with Gasteiger partial charge in [0.25, 0.3) is 0 Å². The van der Waals surface area contributed by atoms with E-state index in [0.29, 0.717) is 147 Å². The van der Waals surface area contributed by atoms with Crippen molar-refractivity contribution in [1.29, 1.82) is 15.8 Å². The number of hydrogen-bond donors (Lipinski definition) is 4. The molecular formula is C75H84Cl6N22O3. The third-order valence-corrected chi connectivity index (χ3v) is 24.8. The molecule has 12 heterocycles. The zero-order valence-corrected chi connectivity index (χ0v) is 63.7. The van der Waals surface area contributed by atoms with Gasteiger partial charge in [0.1, 0.15) is 52.7 Å². The number of aliphatic imine (C=N–C) groups is 1. The van der Waals surface area contributed by atoms with Crippen molar-refractivity contribution in [1.82, 2.24) is 69.4 Å². The number of nitrogens with two attached hydrogens (primary N) is 1. The number of fused-ring (bicyclic) bond motifs is 3. The molecule has 0 bridgehead atoms. The molecule has 3 unspecified atom stereocenters. The molecule has 0 spiro atoms. The second kappa shape index (κ2) is 31.1. The van der Waals surface area contributed by atoms with Gasteiger partial charge in [0.15, 0.2) is 34.2 Å². The number of carbonyl (C=O) groups is 1. The molecular weight excluding hydrogens is 1470 g/mol. The van der Waals surface area contributed by atoms with Crippen LogP contribution in [0.2, 0.25) is 30.1 Å². The number of amidine groups is 1. The van der Waals surface area contributed by atoms with Crippen LogP contribution < -0.4 is 20.9 Å².